The lowest BCUT2D eigenvalue weighted by molar-refractivity contribution is 0.0729. The minimum atomic E-state index is -0.598. The Bertz CT molecular complexity index is 1170. The summed E-state index contributed by atoms with van der Waals surface area (Å²) in [6.07, 6.45) is 3.06. The second-order valence-corrected chi connectivity index (χ2v) is 6.95. The fourth-order valence-corrected chi connectivity index (χ4v) is 3.13. The van der Waals surface area contributed by atoms with Crippen LogP contribution < -0.4 is 18.9 Å². The summed E-state index contributed by atoms with van der Waals surface area (Å²) in [5, 5.41) is 0.295. The van der Waals surface area contributed by atoms with E-state index < -0.39 is 5.97 Å². The number of benzene rings is 3. The predicted octanol–water partition coefficient (Wildman–Crippen LogP) is 5.48. The molecule has 0 spiro atoms. The highest BCUT2D eigenvalue weighted by molar-refractivity contribution is 6.33. The van der Waals surface area contributed by atoms with Crippen LogP contribution in [0.5, 0.6) is 23.0 Å². The largest absolute Gasteiger partial charge is 0.497 e. The second-order valence-electron chi connectivity index (χ2n) is 6.54. The molecule has 0 aliphatic carbocycles. The number of rotatable bonds is 8. The van der Waals surface area contributed by atoms with Crippen molar-refractivity contribution in [3.8, 4) is 23.0 Å². The van der Waals surface area contributed by atoms with E-state index in [-0.39, 0.29) is 17.1 Å². The molecule has 3 aromatic carbocycles. The first kappa shape index (κ1) is 22.9. The van der Waals surface area contributed by atoms with Gasteiger partial charge in [0, 0.05) is 6.07 Å². The summed E-state index contributed by atoms with van der Waals surface area (Å²) in [7, 11) is 4.49. The Balaban J connectivity index is 1.79. The van der Waals surface area contributed by atoms with Crippen molar-refractivity contribution in [2.45, 2.75) is 0 Å². The van der Waals surface area contributed by atoms with E-state index in [1.54, 1.807) is 73.8 Å². The van der Waals surface area contributed by atoms with Gasteiger partial charge in [0.15, 0.2) is 17.3 Å². The van der Waals surface area contributed by atoms with E-state index in [1.807, 2.05) is 0 Å². The Morgan fingerprint density at radius 1 is 0.781 bits per heavy atom. The van der Waals surface area contributed by atoms with Gasteiger partial charge in [-0.3, -0.25) is 4.79 Å². The van der Waals surface area contributed by atoms with Crippen LogP contribution in [0.3, 0.4) is 0 Å². The normalized spacial score (nSPS) is 10.6. The van der Waals surface area contributed by atoms with Crippen LogP contribution in [-0.2, 0) is 0 Å². The van der Waals surface area contributed by atoms with Gasteiger partial charge in [0.25, 0.3) is 0 Å². The first-order chi connectivity index (χ1) is 15.5. The van der Waals surface area contributed by atoms with Gasteiger partial charge < -0.3 is 18.9 Å². The van der Waals surface area contributed by atoms with Gasteiger partial charge in [-0.2, -0.15) is 0 Å². The van der Waals surface area contributed by atoms with Crippen molar-refractivity contribution < 1.29 is 28.5 Å². The molecule has 0 saturated heterocycles. The number of methoxy groups -OCH3 is 3. The van der Waals surface area contributed by atoms with Gasteiger partial charge in [0.05, 0.1) is 37.5 Å². The standard InChI is InChI=1S/C25H21ClO6/c1-29-17-10-11-19(23(15-17)30-2)21(27)12-8-16-9-13-22(24(14-16)31-3)32-25(28)18-6-4-5-7-20(18)26/h4-15H,1-3H3/b12-8+. The van der Waals surface area contributed by atoms with Gasteiger partial charge in [0.1, 0.15) is 11.5 Å². The highest BCUT2D eigenvalue weighted by atomic mass is 35.5. The summed E-state index contributed by atoms with van der Waals surface area (Å²) < 4.78 is 21.2. The van der Waals surface area contributed by atoms with Crippen LogP contribution in [0, 0.1) is 0 Å². The Morgan fingerprint density at radius 3 is 2.22 bits per heavy atom. The summed E-state index contributed by atoms with van der Waals surface area (Å²) in [4.78, 5) is 25.1. The number of carbonyl (C=O) groups is 2. The van der Waals surface area contributed by atoms with Crippen molar-refractivity contribution in [1.29, 1.82) is 0 Å². The number of halogens is 1. The van der Waals surface area contributed by atoms with E-state index in [1.165, 1.54) is 20.3 Å². The van der Waals surface area contributed by atoms with Gasteiger partial charge in [-0.15, -0.1) is 0 Å². The molecule has 0 atom stereocenters. The van der Waals surface area contributed by atoms with Crippen molar-refractivity contribution >= 4 is 29.4 Å². The third-order valence-corrected chi connectivity index (χ3v) is 4.92. The molecule has 0 radical (unpaired) electrons. The molecule has 0 aromatic heterocycles. The Kier molecular flexibility index (Phi) is 7.52. The highest BCUT2D eigenvalue weighted by Crippen LogP contribution is 2.30. The van der Waals surface area contributed by atoms with Crippen molar-refractivity contribution in [3.63, 3.8) is 0 Å². The van der Waals surface area contributed by atoms with Crippen molar-refractivity contribution in [2.75, 3.05) is 21.3 Å². The van der Waals surface area contributed by atoms with Crippen LogP contribution in [0.4, 0.5) is 0 Å². The van der Waals surface area contributed by atoms with Crippen LogP contribution in [0.15, 0.2) is 66.7 Å². The number of carbonyl (C=O) groups excluding carboxylic acids is 2. The Labute approximate surface area is 190 Å². The minimum absolute atomic E-state index is 0.234. The predicted molar refractivity (Wildman–Crippen MR) is 122 cm³/mol. The topological polar surface area (TPSA) is 71.1 Å². The molecule has 3 aromatic rings. The molecule has 0 N–H and O–H groups in total. The van der Waals surface area contributed by atoms with Crippen molar-refractivity contribution in [1.82, 2.24) is 0 Å². The van der Waals surface area contributed by atoms with Gasteiger partial charge in [0.2, 0.25) is 0 Å². The van der Waals surface area contributed by atoms with E-state index in [0.717, 1.165) is 0 Å². The summed E-state index contributed by atoms with van der Waals surface area (Å²) in [6.45, 7) is 0. The minimum Gasteiger partial charge on any atom is -0.497 e. The van der Waals surface area contributed by atoms with E-state index in [2.05, 4.69) is 0 Å². The van der Waals surface area contributed by atoms with Crippen LogP contribution in [0.25, 0.3) is 6.08 Å². The summed E-state index contributed by atoms with van der Waals surface area (Å²) in [5.41, 5.74) is 1.33. The second kappa shape index (κ2) is 10.5. The first-order valence-electron chi connectivity index (χ1n) is 9.56. The zero-order valence-electron chi connectivity index (χ0n) is 17.8. The SMILES string of the molecule is COc1ccc(C(=O)/C=C/c2ccc(OC(=O)c3ccccc3Cl)c(OC)c2)c(OC)c1. The van der Waals surface area contributed by atoms with Crippen LogP contribution in [0.1, 0.15) is 26.3 Å². The number of ether oxygens (including phenoxy) is 4. The molecule has 32 heavy (non-hydrogen) atoms. The maximum absolute atomic E-state index is 12.6. The smallest absolute Gasteiger partial charge is 0.345 e. The lowest BCUT2D eigenvalue weighted by atomic mass is 10.1. The van der Waals surface area contributed by atoms with Gasteiger partial charge >= 0.3 is 5.97 Å². The zero-order valence-corrected chi connectivity index (χ0v) is 18.5. The van der Waals surface area contributed by atoms with Gasteiger partial charge in [-0.05, 0) is 48.0 Å². The lowest BCUT2D eigenvalue weighted by Crippen LogP contribution is -2.09. The molecule has 0 saturated carbocycles. The molecule has 6 nitrogen and oxygen atoms in total. The third-order valence-electron chi connectivity index (χ3n) is 4.59. The van der Waals surface area contributed by atoms with Crippen molar-refractivity contribution in [3.05, 3.63) is 88.5 Å². The van der Waals surface area contributed by atoms with Crippen LogP contribution >= 0.6 is 11.6 Å². The highest BCUT2D eigenvalue weighted by Gasteiger charge is 2.15. The fourth-order valence-electron chi connectivity index (χ4n) is 2.92. The quantitative estimate of drug-likeness (QED) is 0.195. The van der Waals surface area contributed by atoms with E-state index >= 15 is 0 Å². The molecule has 164 valence electrons. The molecular formula is C25H21ClO6. The maximum atomic E-state index is 12.6. The van der Waals surface area contributed by atoms with Crippen LogP contribution in [0.2, 0.25) is 5.02 Å². The first-order valence-corrected chi connectivity index (χ1v) is 9.93. The summed E-state index contributed by atoms with van der Waals surface area (Å²) in [6, 6.07) is 16.5. The average molecular weight is 453 g/mol. The van der Waals surface area contributed by atoms with Gasteiger partial charge in [-0.1, -0.05) is 35.9 Å². The molecule has 0 aliphatic heterocycles. The molecule has 3 rings (SSSR count). The van der Waals surface area contributed by atoms with E-state index in [0.29, 0.717) is 33.4 Å². The Morgan fingerprint density at radius 2 is 1.53 bits per heavy atom. The van der Waals surface area contributed by atoms with Crippen LogP contribution in [-0.4, -0.2) is 33.1 Å². The number of hydrogen-bond acceptors (Lipinski definition) is 6. The summed E-state index contributed by atoms with van der Waals surface area (Å²) in [5.74, 6) is 0.740. The van der Waals surface area contributed by atoms with E-state index in [9.17, 15) is 9.59 Å². The monoisotopic (exact) mass is 452 g/mol. The number of ketones is 1. The number of esters is 1. The molecular weight excluding hydrogens is 432 g/mol. The third kappa shape index (κ3) is 5.28. The molecule has 0 unspecified atom stereocenters. The fraction of sp³-hybridized carbons (Fsp3) is 0.120. The molecule has 0 aliphatic rings. The molecule has 0 amide bonds. The number of hydrogen-bond donors (Lipinski definition) is 0. The molecule has 0 fully saturated rings. The average Bonchev–Trinajstić information content (AvgIpc) is 2.82. The molecule has 0 heterocycles. The maximum Gasteiger partial charge on any atom is 0.345 e. The Hall–Kier alpha value is -3.77. The molecule has 7 heteroatoms. The zero-order chi connectivity index (χ0) is 23.1. The van der Waals surface area contributed by atoms with Crippen molar-refractivity contribution in [2.24, 2.45) is 0 Å². The number of allylic oxidation sites excluding steroid dienone is 1. The summed E-state index contributed by atoms with van der Waals surface area (Å²) >= 11 is 6.06. The van der Waals surface area contributed by atoms with Gasteiger partial charge in [-0.25, -0.2) is 4.79 Å². The molecule has 0 bridgehead atoms. The lowest BCUT2D eigenvalue weighted by Gasteiger charge is -2.11. The van der Waals surface area contributed by atoms with E-state index in [4.69, 9.17) is 30.5 Å².